The van der Waals surface area contributed by atoms with Gasteiger partial charge in [-0.15, -0.1) is 0 Å². The second-order valence-electron chi connectivity index (χ2n) is 5.35. The van der Waals surface area contributed by atoms with Gasteiger partial charge in [-0.1, -0.05) is 19.9 Å². The van der Waals surface area contributed by atoms with Crippen molar-refractivity contribution in [1.82, 2.24) is 4.90 Å². The fourth-order valence-electron chi connectivity index (χ4n) is 2.45. The zero-order valence-corrected chi connectivity index (χ0v) is 13.5. The Labute approximate surface area is 127 Å². The standard InChI is InChI=1S/C15H21NO3.H2S/c1-10(2)13-9-19-14-7-11(15(17)18-4)5-6-12(14)8-16(13)3;/h5-7,10,13H,8-9H2,1-4H3;1H2/t13-;/m1./s1. The molecule has 0 aromatic heterocycles. The van der Waals surface area contributed by atoms with E-state index in [0.29, 0.717) is 24.1 Å². The lowest BCUT2D eigenvalue weighted by molar-refractivity contribution is 0.0600. The summed E-state index contributed by atoms with van der Waals surface area (Å²) in [5.74, 6) is 0.988. The number of benzene rings is 1. The van der Waals surface area contributed by atoms with Crippen LogP contribution in [0, 0.1) is 5.92 Å². The number of hydrogen-bond donors (Lipinski definition) is 0. The van der Waals surface area contributed by atoms with Crippen LogP contribution >= 0.6 is 13.5 Å². The van der Waals surface area contributed by atoms with E-state index in [1.165, 1.54) is 7.11 Å². The summed E-state index contributed by atoms with van der Waals surface area (Å²) >= 11 is 0. The van der Waals surface area contributed by atoms with Gasteiger partial charge in [0.1, 0.15) is 12.4 Å². The minimum atomic E-state index is -0.329. The van der Waals surface area contributed by atoms with Crippen molar-refractivity contribution in [2.24, 2.45) is 5.92 Å². The van der Waals surface area contributed by atoms with Gasteiger partial charge in [0, 0.05) is 18.2 Å². The summed E-state index contributed by atoms with van der Waals surface area (Å²) in [6, 6.07) is 5.89. The third-order valence-electron chi connectivity index (χ3n) is 3.65. The van der Waals surface area contributed by atoms with Gasteiger partial charge in [0.25, 0.3) is 0 Å². The fraction of sp³-hybridized carbons (Fsp3) is 0.533. The zero-order valence-electron chi connectivity index (χ0n) is 12.5. The van der Waals surface area contributed by atoms with Crippen LogP contribution in [0.15, 0.2) is 18.2 Å². The third-order valence-corrected chi connectivity index (χ3v) is 3.65. The molecule has 1 aliphatic rings. The molecule has 1 aliphatic heterocycles. The molecule has 0 saturated carbocycles. The molecule has 0 bridgehead atoms. The van der Waals surface area contributed by atoms with Gasteiger partial charge in [-0.2, -0.15) is 13.5 Å². The Hall–Kier alpha value is -1.20. The van der Waals surface area contributed by atoms with Crippen molar-refractivity contribution in [3.63, 3.8) is 0 Å². The van der Waals surface area contributed by atoms with E-state index < -0.39 is 0 Å². The first-order chi connectivity index (χ1) is 9.02. The number of likely N-dealkylation sites (N-methyl/N-ethyl adjacent to an activating group) is 1. The number of carbonyl (C=O) groups excluding carboxylic acids is 1. The van der Waals surface area contributed by atoms with Gasteiger partial charge >= 0.3 is 5.97 Å². The van der Waals surface area contributed by atoms with Crippen molar-refractivity contribution in [3.8, 4) is 5.75 Å². The molecule has 1 aromatic carbocycles. The first-order valence-electron chi connectivity index (χ1n) is 6.57. The lowest BCUT2D eigenvalue weighted by Crippen LogP contribution is -2.38. The summed E-state index contributed by atoms with van der Waals surface area (Å²) in [7, 11) is 3.49. The van der Waals surface area contributed by atoms with Gasteiger partial charge in [0.2, 0.25) is 0 Å². The minimum Gasteiger partial charge on any atom is -0.492 e. The van der Waals surface area contributed by atoms with Crippen molar-refractivity contribution < 1.29 is 14.3 Å². The van der Waals surface area contributed by atoms with Crippen molar-refractivity contribution in [1.29, 1.82) is 0 Å². The highest BCUT2D eigenvalue weighted by Crippen LogP contribution is 2.27. The van der Waals surface area contributed by atoms with Gasteiger partial charge < -0.3 is 9.47 Å². The first-order valence-corrected chi connectivity index (χ1v) is 6.57. The average Bonchev–Trinajstić information content (AvgIpc) is 2.55. The van der Waals surface area contributed by atoms with E-state index in [9.17, 15) is 4.79 Å². The van der Waals surface area contributed by atoms with Gasteiger partial charge in [0.15, 0.2) is 0 Å². The van der Waals surface area contributed by atoms with Crippen LogP contribution in [-0.2, 0) is 11.3 Å². The fourth-order valence-corrected chi connectivity index (χ4v) is 2.45. The Bertz CT molecular complexity index is 476. The number of fused-ring (bicyclic) bond motifs is 1. The topological polar surface area (TPSA) is 38.8 Å². The highest BCUT2D eigenvalue weighted by molar-refractivity contribution is 7.59. The SMILES string of the molecule is COC(=O)c1ccc2c(c1)OC[C@H](C(C)C)N(C)C2.S. The van der Waals surface area contributed by atoms with E-state index in [1.54, 1.807) is 12.1 Å². The van der Waals surface area contributed by atoms with Crippen molar-refractivity contribution in [2.75, 3.05) is 20.8 Å². The molecule has 4 nitrogen and oxygen atoms in total. The van der Waals surface area contributed by atoms with Gasteiger partial charge in [0.05, 0.1) is 12.7 Å². The maximum atomic E-state index is 11.5. The molecule has 0 radical (unpaired) electrons. The maximum absolute atomic E-state index is 11.5. The summed E-state index contributed by atoms with van der Waals surface area (Å²) in [6.45, 7) is 5.87. The van der Waals surface area contributed by atoms with Crippen LogP contribution < -0.4 is 4.74 Å². The summed E-state index contributed by atoms with van der Waals surface area (Å²) in [6.07, 6.45) is 0. The normalized spacial score (nSPS) is 18.6. The zero-order chi connectivity index (χ0) is 14.0. The molecule has 0 spiro atoms. The highest BCUT2D eigenvalue weighted by Gasteiger charge is 2.25. The Kier molecular flexibility index (Phi) is 5.89. The highest BCUT2D eigenvalue weighted by atomic mass is 32.1. The summed E-state index contributed by atoms with van der Waals surface area (Å²) in [5, 5.41) is 0. The lowest BCUT2D eigenvalue weighted by atomic mass is 10.0. The Morgan fingerprint density at radius 1 is 1.45 bits per heavy atom. The van der Waals surface area contributed by atoms with E-state index in [2.05, 4.69) is 25.8 Å². The second-order valence-corrected chi connectivity index (χ2v) is 5.35. The smallest absolute Gasteiger partial charge is 0.337 e. The quantitative estimate of drug-likeness (QED) is 0.786. The van der Waals surface area contributed by atoms with E-state index in [-0.39, 0.29) is 19.5 Å². The molecule has 0 unspecified atom stereocenters. The number of methoxy groups -OCH3 is 1. The summed E-state index contributed by atoms with van der Waals surface area (Å²) < 4.78 is 10.6. The van der Waals surface area contributed by atoms with Crippen molar-refractivity contribution >= 4 is 19.5 Å². The molecule has 0 N–H and O–H groups in total. The van der Waals surface area contributed by atoms with E-state index in [0.717, 1.165) is 17.9 Å². The Morgan fingerprint density at radius 2 is 2.15 bits per heavy atom. The first kappa shape index (κ1) is 16.9. The van der Waals surface area contributed by atoms with Crippen LogP contribution in [0.1, 0.15) is 29.8 Å². The molecule has 1 heterocycles. The van der Waals surface area contributed by atoms with Gasteiger partial charge in [-0.25, -0.2) is 4.79 Å². The van der Waals surface area contributed by atoms with E-state index in [1.807, 2.05) is 6.07 Å². The van der Waals surface area contributed by atoms with Crippen molar-refractivity contribution in [2.45, 2.75) is 26.4 Å². The predicted molar refractivity (Wildman–Crippen MR) is 83.8 cm³/mol. The predicted octanol–water partition coefficient (Wildman–Crippen LogP) is 2.43. The monoisotopic (exact) mass is 297 g/mol. The van der Waals surface area contributed by atoms with Crippen LogP contribution in [0.25, 0.3) is 0 Å². The van der Waals surface area contributed by atoms with Crippen LogP contribution in [0.3, 0.4) is 0 Å². The molecule has 0 fully saturated rings. The molecular weight excluding hydrogens is 274 g/mol. The second kappa shape index (κ2) is 6.99. The number of carbonyl (C=O) groups is 1. The molecule has 112 valence electrons. The van der Waals surface area contributed by atoms with Gasteiger partial charge in [-0.3, -0.25) is 4.90 Å². The van der Waals surface area contributed by atoms with Crippen LogP contribution in [-0.4, -0.2) is 37.7 Å². The van der Waals surface area contributed by atoms with Gasteiger partial charge in [-0.05, 0) is 25.1 Å². The number of rotatable bonds is 2. The molecule has 0 aliphatic carbocycles. The molecule has 0 saturated heterocycles. The molecule has 2 rings (SSSR count). The van der Waals surface area contributed by atoms with E-state index >= 15 is 0 Å². The molecule has 5 heteroatoms. The summed E-state index contributed by atoms with van der Waals surface area (Å²) in [5.41, 5.74) is 1.64. The summed E-state index contributed by atoms with van der Waals surface area (Å²) in [4.78, 5) is 13.8. The Balaban J connectivity index is 0.00000200. The number of nitrogens with zero attached hydrogens (tertiary/aromatic N) is 1. The average molecular weight is 297 g/mol. The molecule has 1 aromatic rings. The molecule has 20 heavy (non-hydrogen) atoms. The number of ether oxygens (including phenoxy) is 2. The molecule has 1 atom stereocenters. The van der Waals surface area contributed by atoms with Crippen LogP contribution in [0.5, 0.6) is 5.75 Å². The third kappa shape index (κ3) is 3.46. The Morgan fingerprint density at radius 3 is 2.75 bits per heavy atom. The number of hydrogen-bond acceptors (Lipinski definition) is 4. The molecular formula is C15H23NO3S. The maximum Gasteiger partial charge on any atom is 0.337 e. The van der Waals surface area contributed by atoms with Crippen LogP contribution in [0.4, 0.5) is 0 Å². The lowest BCUT2D eigenvalue weighted by Gasteiger charge is -2.27. The number of esters is 1. The largest absolute Gasteiger partial charge is 0.492 e. The molecule has 0 amide bonds. The van der Waals surface area contributed by atoms with E-state index in [4.69, 9.17) is 9.47 Å². The van der Waals surface area contributed by atoms with Crippen molar-refractivity contribution in [3.05, 3.63) is 29.3 Å². The minimum absolute atomic E-state index is 0. The van der Waals surface area contributed by atoms with Crippen LogP contribution in [0.2, 0.25) is 0 Å².